The third-order valence-electron chi connectivity index (χ3n) is 4.00. The van der Waals surface area contributed by atoms with Gasteiger partial charge in [-0.1, -0.05) is 75.7 Å². The molecule has 118 valence electrons. The first-order chi connectivity index (χ1) is 10.6. The molecular formula is C21H28O. The molecule has 0 aliphatic heterocycles. The summed E-state index contributed by atoms with van der Waals surface area (Å²) in [5.41, 5.74) is 5.11. The van der Waals surface area contributed by atoms with Gasteiger partial charge in [-0.05, 0) is 47.4 Å². The van der Waals surface area contributed by atoms with Crippen molar-refractivity contribution in [3.63, 3.8) is 0 Å². The fourth-order valence-corrected chi connectivity index (χ4v) is 2.96. The minimum atomic E-state index is -0.244. The van der Waals surface area contributed by atoms with Gasteiger partial charge in [0.2, 0.25) is 0 Å². The van der Waals surface area contributed by atoms with Crippen molar-refractivity contribution in [3.05, 3.63) is 59.7 Å². The van der Waals surface area contributed by atoms with Gasteiger partial charge >= 0.3 is 0 Å². The molecule has 1 N–H and O–H groups in total. The lowest BCUT2D eigenvalue weighted by Crippen LogP contribution is -2.10. The highest BCUT2D eigenvalue weighted by atomic mass is 16.3. The van der Waals surface area contributed by atoms with Crippen LogP contribution in [0.15, 0.2) is 48.5 Å². The van der Waals surface area contributed by atoms with E-state index in [1.165, 1.54) is 22.3 Å². The molecule has 0 spiro atoms. The van der Waals surface area contributed by atoms with Gasteiger partial charge in [-0.3, -0.25) is 0 Å². The first kappa shape index (κ1) is 16.8. The van der Waals surface area contributed by atoms with Gasteiger partial charge in [0.15, 0.2) is 0 Å². The fourth-order valence-electron chi connectivity index (χ4n) is 2.96. The average molecular weight is 296 g/mol. The van der Waals surface area contributed by atoms with Gasteiger partial charge in [-0.25, -0.2) is 0 Å². The Balaban J connectivity index is 2.21. The Morgan fingerprint density at radius 1 is 0.909 bits per heavy atom. The zero-order chi connectivity index (χ0) is 15.9. The minimum Gasteiger partial charge on any atom is -0.393 e. The average Bonchev–Trinajstić information content (AvgIpc) is 2.48. The van der Waals surface area contributed by atoms with Crippen LogP contribution < -0.4 is 0 Å². The largest absolute Gasteiger partial charge is 0.393 e. The van der Waals surface area contributed by atoms with Crippen LogP contribution in [-0.2, 0) is 12.8 Å². The Kier molecular flexibility index (Phi) is 6.21. The number of hydrogen-bond acceptors (Lipinski definition) is 1. The van der Waals surface area contributed by atoms with Gasteiger partial charge in [0.05, 0.1) is 6.10 Å². The summed E-state index contributed by atoms with van der Waals surface area (Å²) < 4.78 is 0. The lowest BCUT2D eigenvalue weighted by atomic mass is 9.93. The van der Waals surface area contributed by atoms with E-state index in [9.17, 15) is 5.11 Å². The maximum absolute atomic E-state index is 10.1. The SMILES string of the molecule is CCCC(O)Cc1ccccc1-c1ccc(CC(C)C)cc1. The summed E-state index contributed by atoms with van der Waals surface area (Å²) in [5, 5.41) is 10.1. The third-order valence-corrected chi connectivity index (χ3v) is 4.00. The lowest BCUT2D eigenvalue weighted by molar-refractivity contribution is 0.164. The van der Waals surface area contributed by atoms with Crippen LogP contribution >= 0.6 is 0 Å². The van der Waals surface area contributed by atoms with E-state index in [0.717, 1.165) is 25.7 Å². The summed E-state index contributed by atoms with van der Waals surface area (Å²) in [6.45, 7) is 6.61. The minimum absolute atomic E-state index is 0.244. The van der Waals surface area contributed by atoms with Crippen molar-refractivity contribution in [2.75, 3.05) is 0 Å². The van der Waals surface area contributed by atoms with Gasteiger partial charge in [0, 0.05) is 0 Å². The summed E-state index contributed by atoms with van der Waals surface area (Å²) in [6, 6.07) is 17.3. The standard InChI is InChI=1S/C21H28O/c1-4-7-20(22)15-19-8-5-6-9-21(19)18-12-10-17(11-13-18)14-16(2)3/h5-6,8-13,16,20,22H,4,7,14-15H2,1-3H3. The number of aliphatic hydroxyl groups excluding tert-OH is 1. The molecule has 0 saturated heterocycles. The summed E-state index contributed by atoms with van der Waals surface area (Å²) in [5.74, 6) is 0.683. The number of rotatable bonds is 7. The molecule has 1 unspecified atom stereocenters. The van der Waals surface area contributed by atoms with Crippen LogP contribution in [0.4, 0.5) is 0 Å². The summed E-state index contributed by atoms with van der Waals surface area (Å²) in [6.07, 6.45) is 3.50. The highest BCUT2D eigenvalue weighted by Crippen LogP contribution is 2.26. The number of hydrogen-bond donors (Lipinski definition) is 1. The lowest BCUT2D eigenvalue weighted by Gasteiger charge is -2.14. The summed E-state index contributed by atoms with van der Waals surface area (Å²) in [4.78, 5) is 0. The van der Waals surface area contributed by atoms with Crippen molar-refractivity contribution in [2.24, 2.45) is 5.92 Å². The maximum Gasteiger partial charge on any atom is 0.0580 e. The molecule has 0 heterocycles. The predicted molar refractivity (Wildman–Crippen MR) is 95.0 cm³/mol. The molecular weight excluding hydrogens is 268 g/mol. The Hall–Kier alpha value is -1.60. The van der Waals surface area contributed by atoms with Crippen LogP contribution in [0.5, 0.6) is 0 Å². The van der Waals surface area contributed by atoms with Crippen LogP contribution in [0.3, 0.4) is 0 Å². The van der Waals surface area contributed by atoms with E-state index in [0.29, 0.717) is 5.92 Å². The van der Waals surface area contributed by atoms with Crippen LogP contribution in [0.1, 0.15) is 44.7 Å². The van der Waals surface area contributed by atoms with E-state index < -0.39 is 0 Å². The Bertz CT molecular complexity index is 569. The topological polar surface area (TPSA) is 20.2 Å². The Morgan fingerprint density at radius 2 is 1.59 bits per heavy atom. The van der Waals surface area contributed by atoms with Gasteiger partial charge in [-0.15, -0.1) is 0 Å². The summed E-state index contributed by atoms with van der Waals surface area (Å²) in [7, 11) is 0. The first-order valence-corrected chi connectivity index (χ1v) is 8.45. The quantitative estimate of drug-likeness (QED) is 0.739. The van der Waals surface area contributed by atoms with E-state index in [-0.39, 0.29) is 6.10 Å². The molecule has 0 fully saturated rings. The second kappa shape index (κ2) is 8.14. The molecule has 0 radical (unpaired) electrons. The molecule has 0 saturated carbocycles. The molecule has 0 aromatic heterocycles. The van der Waals surface area contributed by atoms with Crippen molar-refractivity contribution >= 4 is 0 Å². The molecule has 1 nitrogen and oxygen atoms in total. The molecule has 0 bridgehead atoms. The van der Waals surface area contributed by atoms with Crippen molar-refractivity contribution in [1.82, 2.24) is 0 Å². The van der Waals surface area contributed by atoms with Gasteiger partial charge in [0.1, 0.15) is 0 Å². The molecule has 1 atom stereocenters. The molecule has 2 aromatic rings. The second-order valence-electron chi connectivity index (χ2n) is 6.60. The molecule has 2 aromatic carbocycles. The highest BCUT2D eigenvalue weighted by molar-refractivity contribution is 5.67. The monoisotopic (exact) mass is 296 g/mol. The van der Waals surface area contributed by atoms with Crippen LogP contribution in [0.25, 0.3) is 11.1 Å². The summed E-state index contributed by atoms with van der Waals surface area (Å²) >= 11 is 0. The molecule has 2 rings (SSSR count). The number of aliphatic hydroxyl groups is 1. The molecule has 0 amide bonds. The Morgan fingerprint density at radius 3 is 2.23 bits per heavy atom. The first-order valence-electron chi connectivity index (χ1n) is 8.45. The van der Waals surface area contributed by atoms with Crippen molar-refractivity contribution in [2.45, 2.75) is 52.6 Å². The zero-order valence-corrected chi connectivity index (χ0v) is 14.0. The van der Waals surface area contributed by atoms with E-state index in [1.54, 1.807) is 0 Å². The molecule has 1 heteroatoms. The van der Waals surface area contributed by atoms with Crippen LogP contribution in [-0.4, -0.2) is 11.2 Å². The zero-order valence-electron chi connectivity index (χ0n) is 14.0. The van der Waals surface area contributed by atoms with Crippen LogP contribution in [0.2, 0.25) is 0 Å². The van der Waals surface area contributed by atoms with Crippen LogP contribution in [0, 0.1) is 5.92 Å². The maximum atomic E-state index is 10.1. The number of benzene rings is 2. The van der Waals surface area contributed by atoms with E-state index in [1.807, 2.05) is 0 Å². The van der Waals surface area contributed by atoms with Crippen molar-refractivity contribution in [3.8, 4) is 11.1 Å². The third kappa shape index (κ3) is 4.71. The van der Waals surface area contributed by atoms with Crippen molar-refractivity contribution in [1.29, 1.82) is 0 Å². The highest BCUT2D eigenvalue weighted by Gasteiger charge is 2.10. The van der Waals surface area contributed by atoms with Crippen molar-refractivity contribution < 1.29 is 5.11 Å². The second-order valence-corrected chi connectivity index (χ2v) is 6.60. The fraction of sp³-hybridized carbons (Fsp3) is 0.429. The molecule has 22 heavy (non-hydrogen) atoms. The molecule has 0 aliphatic carbocycles. The van der Waals surface area contributed by atoms with Gasteiger partial charge in [0.25, 0.3) is 0 Å². The predicted octanol–water partition coefficient (Wildman–Crippen LogP) is 5.26. The van der Waals surface area contributed by atoms with E-state index in [2.05, 4.69) is 69.3 Å². The van der Waals surface area contributed by atoms with E-state index >= 15 is 0 Å². The van der Waals surface area contributed by atoms with E-state index in [4.69, 9.17) is 0 Å². The normalized spacial score (nSPS) is 12.6. The van der Waals surface area contributed by atoms with Gasteiger partial charge < -0.3 is 5.11 Å². The Labute approximate surface area is 135 Å². The smallest absolute Gasteiger partial charge is 0.0580 e. The van der Waals surface area contributed by atoms with Gasteiger partial charge in [-0.2, -0.15) is 0 Å². The molecule has 0 aliphatic rings.